The summed E-state index contributed by atoms with van der Waals surface area (Å²) in [6.45, 7) is 2.20. The SMILES string of the molecule is CCCCCCCCCC(=O)CC(=O)Cl. The molecule has 0 aromatic heterocycles. The second kappa shape index (κ2) is 10.2. The van der Waals surface area contributed by atoms with Crippen molar-refractivity contribution in [2.45, 2.75) is 64.7 Å². The molecule has 88 valence electrons. The minimum Gasteiger partial charge on any atom is -0.299 e. The van der Waals surface area contributed by atoms with E-state index in [0.29, 0.717) is 6.42 Å². The fraction of sp³-hybridized carbons (Fsp3) is 0.833. The highest BCUT2D eigenvalue weighted by molar-refractivity contribution is 6.64. The van der Waals surface area contributed by atoms with Crippen molar-refractivity contribution < 1.29 is 9.59 Å². The first-order valence-electron chi connectivity index (χ1n) is 5.86. The minimum absolute atomic E-state index is 0.0245. The van der Waals surface area contributed by atoms with Gasteiger partial charge in [-0.3, -0.25) is 9.59 Å². The van der Waals surface area contributed by atoms with Crippen molar-refractivity contribution in [3.63, 3.8) is 0 Å². The van der Waals surface area contributed by atoms with Crippen LogP contribution in [0.25, 0.3) is 0 Å². The van der Waals surface area contributed by atoms with Crippen LogP contribution in [0.3, 0.4) is 0 Å². The van der Waals surface area contributed by atoms with E-state index in [4.69, 9.17) is 11.6 Å². The standard InChI is InChI=1S/C12H21ClO2/c1-2-3-4-5-6-7-8-9-11(14)10-12(13)15/h2-10H2,1H3. The molecule has 0 spiro atoms. The quantitative estimate of drug-likeness (QED) is 0.326. The number of rotatable bonds is 10. The van der Waals surface area contributed by atoms with E-state index in [9.17, 15) is 9.59 Å². The Morgan fingerprint density at radius 1 is 0.933 bits per heavy atom. The largest absolute Gasteiger partial charge is 0.299 e. The smallest absolute Gasteiger partial charge is 0.229 e. The maximum atomic E-state index is 11.1. The van der Waals surface area contributed by atoms with Crippen LogP contribution in [0.2, 0.25) is 0 Å². The molecule has 0 bridgehead atoms. The zero-order valence-electron chi connectivity index (χ0n) is 9.56. The fourth-order valence-electron chi connectivity index (χ4n) is 1.52. The van der Waals surface area contributed by atoms with Gasteiger partial charge in [0.1, 0.15) is 5.78 Å². The van der Waals surface area contributed by atoms with Gasteiger partial charge in [0.2, 0.25) is 5.24 Å². The lowest BCUT2D eigenvalue weighted by molar-refractivity contribution is -0.123. The van der Waals surface area contributed by atoms with Gasteiger partial charge in [0.25, 0.3) is 0 Å². The van der Waals surface area contributed by atoms with Crippen LogP contribution in [0, 0.1) is 0 Å². The minimum atomic E-state index is -0.539. The molecule has 0 aliphatic carbocycles. The normalized spacial score (nSPS) is 10.3. The van der Waals surface area contributed by atoms with Crippen molar-refractivity contribution >= 4 is 22.6 Å². The summed E-state index contributed by atoms with van der Waals surface area (Å²) < 4.78 is 0. The third-order valence-electron chi connectivity index (χ3n) is 2.40. The Hall–Kier alpha value is -0.370. The summed E-state index contributed by atoms with van der Waals surface area (Å²) in [6, 6.07) is 0. The van der Waals surface area contributed by atoms with Crippen molar-refractivity contribution in [2.24, 2.45) is 0 Å². The first-order chi connectivity index (χ1) is 7.16. The summed E-state index contributed by atoms with van der Waals surface area (Å²) in [5.41, 5.74) is 0. The molecule has 0 fully saturated rings. The van der Waals surface area contributed by atoms with Gasteiger partial charge in [0.05, 0.1) is 6.42 Å². The number of halogens is 1. The number of carbonyl (C=O) groups excluding carboxylic acids is 2. The Balaban J connectivity index is 3.16. The van der Waals surface area contributed by atoms with Crippen molar-refractivity contribution in [3.8, 4) is 0 Å². The van der Waals surface area contributed by atoms with Gasteiger partial charge in [-0.05, 0) is 18.0 Å². The molecule has 0 heterocycles. The lowest BCUT2D eigenvalue weighted by Crippen LogP contribution is -2.02. The molecule has 0 aromatic rings. The summed E-state index contributed by atoms with van der Waals surface area (Å²) in [4.78, 5) is 21.5. The van der Waals surface area contributed by atoms with Gasteiger partial charge < -0.3 is 0 Å². The van der Waals surface area contributed by atoms with Crippen molar-refractivity contribution in [1.29, 1.82) is 0 Å². The molecule has 0 aromatic carbocycles. The predicted molar refractivity (Wildman–Crippen MR) is 63.1 cm³/mol. The third kappa shape index (κ3) is 11.6. The average molecular weight is 233 g/mol. The molecular formula is C12H21ClO2. The Morgan fingerprint density at radius 2 is 1.47 bits per heavy atom. The maximum Gasteiger partial charge on any atom is 0.229 e. The maximum absolute atomic E-state index is 11.1. The monoisotopic (exact) mass is 232 g/mol. The van der Waals surface area contributed by atoms with E-state index in [1.165, 1.54) is 32.1 Å². The highest BCUT2D eigenvalue weighted by Crippen LogP contribution is 2.09. The van der Waals surface area contributed by atoms with Crippen molar-refractivity contribution in [1.82, 2.24) is 0 Å². The molecular weight excluding hydrogens is 212 g/mol. The van der Waals surface area contributed by atoms with Crippen LogP contribution in [0.4, 0.5) is 0 Å². The molecule has 0 aliphatic rings. The van der Waals surface area contributed by atoms with Gasteiger partial charge in [-0.1, -0.05) is 45.4 Å². The van der Waals surface area contributed by atoms with Crippen LogP contribution in [0.1, 0.15) is 64.7 Å². The van der Waals surface area contributed by atoms with Crippen LogP contribution in [-0.4, -0.2) is 11.0 Å². The van der Waals surface area contributed by atoms with Crippen LogP contribution < -0.4 is 0 Å². The third-order valence-corrected chi connectivity index (χ3v) is 2.53. The Bertz CT molecular complexity index is 190. The predicted octanol–water partition coefficient (Wildman–Crippen LogP) is 3.85. The molecule has 0 saturated carbocycles. The molecule has 0 unspecified atom stereocenters. The number of carbonyl (C=O) groups is 2. The van der Waals surface area contributed by atoms with E-state index in [2.05, 4.69) is 6.92 Å². The Labute approximate surface area is 97.4 Å². The van der Waals surface area contributed by atoms with Crippen LogP contribution >= 0.6 is 11.6 Å². The van der Waals surface area contributed by atoms with Gasteiger partial charge in [-0.15, -0.1) is 0 Å². The summed E-state index contributed by atoms with van der Waals surface area (Å²) in [5, 5.41) is -0.539. The fourth-order valence-corrected chi connectivity index (χ4v) is 1.67. The molecule has 2 nitrogen and oxygen atoms in total. The van der Waals surface area contributed by atoms with Crippen LogP contribution in [0.15, 0.2) is 0 Å². The Kier molecular flexibility index (Phi) is 9.91. The molecule has 0 amide bonds. The van der Waals surface area contributed by atoms with Gasteiger partial charge in [-0.2, -0.15) is 0 Å². The molecule has 15 heavy (non-hydrogen) atoms. The van der Waals surface area contributed by atoms with Gasteiger partial charge in [-0.25, -0.2) is 0 Å². The highest BCUT2D eigenvalue weighted by atomic mass is 35.5. The van der Waals surface area contributed by atoms with Gasteiger partial charge in [0.15, 0.2) is 0 Å². The Morgan fingerprint density at radius 3 is 2.00 bits per heavy atom. The molecule has 0 N–H and O–H groups in total. The van der Waals surface area contributed by atoms with E-state index in [1.807, 2.05) is 0 Å². The molecule has 0 rings (SSSR count). The van der Waals surface area contributed by atoms with Gasteiger partial charge >= 0.3 is 0 Å². The number of ketones is 1. The van der Waals surface area contributed by atoms with E-state index in [-0.39, 0.29) is 12.2 Å². The van der Waals surface area contributed by atoms with E-state index in [1.54, 1.807) is 0 Å². The molecule has 3 heteroatoms. The lowest BCUT2D eigenvalue weighted by Gasteiger charge is -2.00. The number of hydrogen-bond donors (Lipinski definition) is 0. The molecule has 0 radical (unpaired) electrons. The van der Waals surface area contributed by atoms with E-state index >= 15 is 0 Å². The lowest BCUT2D eigenvalue weighted by atomic mass is 10.1. The number of hydrogen-bond acceptors (Lipinski definition) is 2. The summed E-state index contributed by atoms with van der Waals surface area (Å²) >= 11 is 5.11. The van der Waals surface area contributed by atoms with Crippen molar-refractivity contribution in [2.75, 3.05) is 0 Å². The first-order valence-corrected chi connectivity index (χ1v) is 6.24. The zero-order chi connectivity index (χ0) is 11.5. The van der Waals surface area contributed by atoms with Gasteiger partial charge in [0, 0.05) is 6.42 Å². The number of Topliss-reactive ketones (excluding diaryl/α,β-unsaturated/α-hetero) is 1. The van der Waals surface area contributed by atoms with E-state index in [0.717, 1.165) is 12.8 Å². The van der Waals surface area contributed by atoms with Crippen LogP contribution in [-0.2, 0) is 9.59 Å². The molecule has 0 saturated heterocycles. The molecule has 0 atom stereocenters. The summed E-state index contributed by atoms with van der Waals surface area (Å²) in [7, 11) is 0. The average Bonchev–Trinajstić information content (AvgIpc) is 2.15. The highest BCUT2D eigenvalue weighted by Gasteiger charge is 2.05. The second-order valence-corrected chi connectivity index (χ2v) is 4.36. The van der Waals surface area contributed by atoms with Crippen molar-refractivity contribution in [3.05, 3.63) is 0 Å². The summed E-state index contributed by atoms with van der Waals surface area (Å²) in [5.74, 6) is -0.0245. The second-order valence-electron chi connectivity index (χ2n) is 3.94. The first kappa shape index (κ1) is 14.6. The summed E-state index contributed by atoms with van der Waals surface area (Å²) in [6.07, 6.45) is 8.71. The number of unbranched alkanes of at least 4 members (excludes halogenated alkanes) is 6. The van der Waals surface area contributed by atoms with Crippen LogP contribution in [0.5, 0.6) is 0 Å². The molecule has 0 aliphatic heterocycles. The zero-order valence-corrected chi connectivity index (χ0v) is 10.3. The van der Waals surface area contributed by atoms with E-state index < -0.39 is 5.24 Å². The topological polar surface area (TPSA) is 34.1 Å².